The molecular weight excluding hydrogens is 518 g/mol. The van der Waals surface area contributed by atoms with Gasteiger partial charge in [0.15, 0.2) is 8.32 Å². The second-order valence-electron chi connectivity index (χ2n) is 11.6. The number of hydrogen-bond donors (Lipinski definition) is 2. The molecule has 2 N–H and O–H groups in total. The van der Waals surface area contributed by atoms with Crippen molar-refractivity contribution in [2.45, 2.75) is 63.9 Å². The zero-order valence-electron chi connectivity index (χ0n) is 23.8. The van der Waals surface area contributed by atoms with Crippen molar-refractivity contribution < 1.29 is 24.2 Å². The fourth-order valence-corrected chi connectivity index (χ4v) is 5.85. The van der Waals surface area contributed by atoms with E-state index in [4.69, 9.17) is 4.74 Å². The van der Waals surface area contributed by atoms with Crippen LogP contribution in [0.2, 0.25) is 18.1 Å². The molecule has 0 saturated carbocycles. The van der Waals surface area contributed by atoms with Crippen molar-refractivity contribution in [2.24, 2.45) is 0 Å². The quantitative estimate of drug-likeness (QED) is 0.268. The molecule has 0 spiro atoms. The van der Waals surface area contributed by atoms with E-state index in [1.54, 1.807) is 4.90 Å². The molecule has 3 aromatic rings. The zero-order valence-corrected chi connectivity index (χ0v) is 24.8. The summed E-state index contributed by atoms with van der Waals surface area (Å²) < 4.78 is 5.67. The molecule has 3 aromatic carbocycles. The number of carboxylic acids is 1. The Morgan fingerprint density at radius 2 is 1.52 bits per heavy atom. The maximum absolute atomic E-state index is 13.4. The van der Waals surface area contributed by atoms with Crippen LogP contribution >= 0.6 is 0 Å². The maximum atomic E-state index is 13.4. The molecule has 0 aliphatic carbocycles. The first kappa shape index (κ1) is 29.3. The predicted octanol–water partition coefficient (Wildman–Crippen LogP) is 7.36. The van der Waals surface area contributed by atoms with Crippen LogP contribution < -0.4 is 0 Å². The fraction of sp³-hybridized carbons (Fsp3) is 0.333. The molecule has 0 fully saturated rings. The van der Waals surface area contributed by atoms with E-state index in [9.17, 15) is 19.5 Å². The Labute approximate surface area is 238 Å². The van der Waals surface area contributed by atoms with Crippen molar-refractivity contribution in [3.8, 4) is 11.1 Å². The number of ether oxygens (including phenoxy) is 1. The topological polar surface area (TPSA) is 87.1 Å². The van der Waals surface area contributed by atoms with Gasteiger partial charge in [-0.05, 0) is 71.3 Å². The van der Waals surface area contributed by atoms with Gasteiger partial charge in [-0.15, -0.1) is 0 Å². The van der Waals surface area contributed by atoms with Crippen LogP contribution in [0, 0.1) is 0 Å². The van der Waals surface area contributed by atoms with E-state index in [1.807, 2.05) is 112 Å². The Morgan fingerprint density at radius 1 is 0.925 bits per heavy atom. The van der Waals surface area contributed by atoms with Crippen molar-refractivity contribution in [3.63, 3.8) is 0 Å². The Morgan fingerprint density at radius 3 is 2.15 bits per heavy atom. The van der Waals surface area contributed by atoms with Crippen LogP contribution in [-0.2, 0) is 16.1 Å². The molecule has 1 atom stereocenters. The maximum Gasteiger partial charge on any atom is 0.410 e. The normalized spacial score (nSPS) is 16.1. The van der Waals surface area contributed by atoms with E-state index in [1.165, 1.54) is 0 Å². The number of carbonyl (C=O) groups is 2. The average molecular weight is 558 g/mol. The van der Waals surface area contributed by atoms with Gasteiger partial charge in [0.25, 0.3) is 0 Å². The molecule has 7 heteroatoms. The number of amides is 1. The Kier molecular flexibility index (Phi) is 8.96. The third-order valence-electron chi connectivity index (χ3n) is 8.32. The van der Waals surface area contributed by atoms with Crippen LogP contribution in [0.25, 0.3) is 16.7 Å². The van der Waals surface area contributed by atoms with E-state index in [0.717, 1.165) is 27.8 Å². The monoisotopic (exact) mass is 557 g/mol. The Hall–Kier alpha value is -3.68. The first-order chi connectivity index (χ1) is 19.0. The molecule has 210 valence electrons. The summed E-state index contributed by atoms with van der Waals surface area (Å²) in [5.74, 6) is -1.04. The van der Waals surface area contributed by atoms with Crippen molar-refractivity contribution in [2.75, 3.05) is 6.54 Å². The third kappa shape index (κ3) is 6.72. The second kappa shape index (κ2) is 12.2. The largest absolute Gasteiger partial charge is 0.478 e. The lowest BCUT2D eigenvalue weighted by molar-refractivity contribution is -0.133. The highest BCUT2D eigenvalue weighted by molar-refractivity contribution is 6.72. The first-order valence-electron chi connectivity index (χ1n) is 13.8. The lowest BCUT2D eigenvalue weighted by Gasteiger charge is -2.40. The first-order valence-corrected chi connectivity index (χ1v) is 16.7. The van der Waals surface area contributed by atoms with Crippen molar-refractivity contribution >= 4 is 26.0 Å². The lowest BCUT2D eigenvalue weighted by atomic mass is 9.84. The molecule has 1 heterocycles. The minimum atomic E-state index is -2.55. The van der Waals surface area contributed by atoms with Gasteiger partial charge in [-0.3, -0.25) is 0 Å². The predicted molar refractivity (Wildman–Crippen MR) is 161 cm³/mol. The molecule has 0 aromatic heterocycles. The Bertz CT molecular complexity index is 1360. The van der Waals surface area contributed by atoms with Crippen LogP contribution in [0.5, 0.6) is 0 Å². The lowest BCUT2D eigenvalue weighted by Crippen LogP contribution is -2.48. The van der Waals surface area contributed by atoms with E-state index >= 15 is 0 Å². The number of carbonyl (C=O) groups excluding carboxylic acids is 1. The van der Waals surface area contributed by atoms with Crippen molar-refractivity contribution in [3.05, 3.63) is 102 Å². The molecule has 1 aliphatic heterocycles. The highest BCUT2D eigenvalue weighted by Crippen LogP contribution is 2.43. The van der Waals surface area contributed by atoms with Crippen LogP contribution in [-0.4, -0.2) is 47.8 Å². The van der Waals surface area contributed by atoms with Gasteiger partial charge in [-0.2, -0.15) is 0 Å². The molecule has 6 nitrogen and oxygen atoms in total. The van der Waals surface area contributed by atoms with Crippen LogP contribution in [0.15, 0.2) is 90.5 Å². The standard InChI is InChI=1S/C33H39NO5Si/c1-33(2,40(3,4)38)20-18-29-30(31(35)36)28(27-17-11-16-26(22-27)25-14-9-6-10-15-25)19-21-34(29)32(37)39-23-24-12-7-5-8-13-24/h5-17,22,29,38H,18-21,23H2,1-4H3,(H,35,36). The summed E-state index contributed by atoms with van der Waals surface area (Å²) in [7, 11) is -2.55. The van der Waals surface area contributed by atoms with Gasteiger partial charge in [0, 0.05) is 6.54 Å². The number of aliphatic carboxylic acids is 1. The number of rotatable bonds is 9. The number of hydrogen-bond acceptors (Lipinski definition) is 4. The summed E-state index contributed by atoms with van der Waals surface area (Å²) in [5, 5.41) is 10.2. The zero-order chi connectivity index (χ0) is 28.9. The van der Waals surface area contributed by atoms with E-state index in [-0.39, 0.29) is 17.2 Å². The van der Waals surface area contributed by atoms with Gasteiger partial charge in [-0.25, -0.2) is 9.59 Å². The molecule has 1 amide bonds. The summed E-state index contributed by atoms with van der Waals surface area (Å²) in [6.45, 7) is 8.30. The van der Waals surface area contributed by atoms with Crippen LogP contribution in [0.4, 0.5) is 4.79 Å². The van der Waals surface area contributed by atoms with Crippen LogP contribution in [0.3, 0.4) is 0 Å². The second-order valence-corrected chi connectivity index (χ2v) is 16.1. The highest BCUT2D eigenvalue weighted by Gasteiger charge is 2.42. The van der Waals surface area contributed by atoms with Gasteiger partial charge in [0.05, 0.1) is 11.6 Å². The minimum absolute atomic E-state index is 0.114. The van der Waals surface area contributed by atoms with Crippen molar-refractivity contribution in [1.82, 2.24) is 4.90 Å². The fourth-order valence-electron chi connectivity index (χ4n) is 5.09. The molecular formula is C33H39NO5Si. The van der Waals surface area contributed by atoms with Crippen LogP contribution in [0.1, 0.15) is 44.2 Å². The Balaban J connectivity index is 1.71. The van der Waals surface area contributed by atoms with E-state index in [2.05, 4.69) is 0 Å². The molecule has 1 unspecified atom stereocenters. The van der Waals surface area contributed by atoms with E-state index < -0.39 is 26.4 Å². The smallest absolute Gasteiger partial charge is 0.410 e. The number of benzene rings is 3. The van der Waals surface area contributed by atoms with Gasteiger partial charge in [0.2, 0.25) is 0 Å². The molecule has 40 heavy (non-hydrogen) atoms. The molecule has 4 rings (SSSR count). The summed E-state index contributed by atoms with van der Waals surface area (Å²) in [6.07, 6.45) is 0.862. The summed E-state index contributed by atoms with van der Waals surface area (Å²) in [5.41, 5.74) is 4.73. The molecule has 0 radical (unpaired) electrons. The highest BCUT2D eigenvalue weighted by atomic mass is 28.4. The van der Waals surface area contributed by atoms with Gasteiger partial charge in [0.1, 0.15) is 6.61 Å². The number of nitrogens with zero attached hydrogens (tertiary/aromatic N) is 1. The molecule has 0 bridgehead atoms. The summed E-state index contributed by atoms with van der Waals surface area (Å²) >= 11 is 0. The van der Waals surface area contributed by atoms with E-state index in [0.29, 0.717) is 25.8 Å². The summed E-state index contributed by atoms with van der Waals surface area (Å²) in [4.78, 5) is 38.8. The van der Waals surface area contributed by atoms with Gasteiger partial charge < -0.3 is 19.5 Å². The average Bonchev–Trinajstić information content (AvgIpc) is 2.94. The van der Waals surface area contributed by atoms with Crippen molar-refractivity contribution in [1.29, 1.82) is 0 Å². The third-order valence-corrected chi connectivity index (χ3v) is 11.9. The van der Waals surface area contributed by atoms with Gasteiger partial charge in [-0.1, -0.05) is 92.7 Å². The summed E-state index contributed by atoms with van der Waals surface area (Å²) in [6, 6.07) is 26.7. The number of carboxylic acid groups (broad SMARTS) is 1. The minimum Gasteiger partial charge on any atom is -0.478 e. The van der Waals surface area contributed by atoms with Gasteiger partial charge >= 0.3 is 12.1 Å². The molecule has 1 aliphatic rings. The molecule has 0 saturated heterocycles. The SMILES string of the molecule is CC(C)(CCC1C(C(=O)O)=C(c2cccc(-c3ccccc3)c2)CCN1C(=O)OCc1ccccc1)[Si](C)(C)O.